The number of hydrogen-bond acceptors (Lipinski definition) is 5. The van der Waals surface area contributed by atoms with Crippen molar-refractivity contribution in [2.24, 2.45) is 0 Å². The summed E-state index contributed by atoms with van der Waals surface area (Å²) >= 11 is 4.09. The lowest BCUT2D eigenvalue weighted by Crippen LogP contribution is -2.52. The van der Waals surface area contributed by atoms with Gasteiger partial charge in [-0.15, -0.1) is 0 Å². The fourth-order valence-electron chi connectivity index (χ4n) is 4.02. The Labute approximate surface area is 148 Å². The maximum Gasteiger partial charge on any atom is 0.256 e. The summed E-state index contributed by atoms with van der Waals surface area (Å²) in [7, 11) is 1.67. The molecule has 1 fully saturated rings. The van der Waals surface area contributed by atoms with E-state index < -0.39 is 5.54 Å². The smallest absolute Gasteiger partial charge is 0.256 e. The van der Waals surface area contributed by atoms with Gasteiger partial charge in [0.1, 0.15) is 5.54 Å². The fraction of sp³-hybridized carbons (Fsp3) is 0.500. The summed E-state index contributed by atoms with van der Waals surface area (Å²) in [5.41, 5.74) is 4.41. The molecule has 1 saturated heterocycles. The van der Waals surface area contributed by atoms with E-state index in [9.17, 15) is 4.79 Å². The van der Waals surface area contributed by atoms with Crippen LogP contribution >= 0.6 is 12.9 Å². The molecule has 1 aromatic rings. The third kappa shape index (κ3) is 2.72. The second-order valence-electron chi connectivity index (χ2n) is 6.72. The van der Waals surface area contributed by atoms with Crippen LogP contribution in [-0.4, -0.2) is 36.7 Å². The molecule has 6 heteroatoms. The highest BCUT2D eigenvalue weighted by molar-refractivity contribution is 7.75. The zero-order valence-electron chi connectivity index (χ0n) is 14.6. The van der Waals surface area contributed by atoms with Crippen molar-refractivity contribution in [3.63, 3.8) is 0 Å². The number of hydrogen-bond donors (Lipinski definition) is 2. The number of hydroxylamine groups is 2. The van der Waals surface area contributed by atoms with Gasteiger partial charge in [0.05, 0.1) is 12.7 Å². The van der Waals surface area contributed by atoms with E-state index in [0.717, 1.165) is 42.6 Å². The Balaban J connectivity index is 2.09. The molecule has 1 aromatic carbocycles. The van der Waals surface area contributed by atoms with Crippen LogP contribution in [0.15, 0.2) is 17.9 Å². The highest BCUT2D eigenvalue weighted by Crippen LogP contribution is 2.42. The number of thiol groups is 1. The summed E-state index contributed by atoms with van der Waals surface area (Å²) in [6.45, 7) is 7.59. The monoisotopic (exact) mass is 348 g/mol. The van der Waals surface area contributed by atoms with E-state index in [1.807, 2.05) is 18.9 Å². The van der Waals surface area contributed by atoms with Gasteiger partial charge in [0.25, 0.3) is 5.91 Å². The summed E-state index contributed by atoms with van der Waals surface area (Å²) in [5.74, 6) is 0.557. The highest BCUT2D eigenvalue weighted by Gasteiger charge is 2.49. The molecule has 0 radical (unpaired) electrons. The average Bonchev–Trinajstić information content (AvgIpc) is 2.79. The Hall–Kier alpha value is -1.50. The van der Waals surface area contributed by atoms with E-state index in [1.165, 1.54) is 5.56 Å². The second kappa shape index (κ2) is 6.43. The molecule has 5 nitrogen and oxygen atoms in total. The lowest BCUT2D eigenvalue weighted by Gasteiger charge is -2.38. The van der Waals surface area contributed by atoms with Gasteiger partial charge in [0.2, 0.25) is 0 Å². The SMILES string of the molecule is CON1CCC2(CC1)NC(=O)C(c1c(C)cc(C)cc1C)=C2OS. The quantitative estimate of drug-likeness (QED) is 0.651. The number of carbonyl (C=O) groups is 1. The number of nitrogens with zero attached hydrogens (tertiary/aromatic N) is 1. The predicted octanol–water partition coefficient (Wildman–Crippen LogP) is 2.71. The Morgan fingerprint density at radius 1 is 1.17 bits per heavy atom. The third-order valence-electron chi connectivity index (χ3n) is 5.09. The van der Waals surface area contributed by atoms with Crippen molar-refractivity contribution < 1.29 is 13.8 Å². The summed E-state index contributed by atoms with van der Waals surface area (Å²) in [5, 5.41) is 5.06. The average molecular weight is 348 g/mol. The molecule has 1 amide bonds. The molecule has 0 unspecified atom stereocenters. The minimum atomic E-state index is -0.493. The number of carbonyl (C=O) groups excluding carboxylic acids is 1. The van der Waals surface area contributed by atoms with E-state index >= 15 is 0 Å². The van der Waals surface area contributed by atoms with Crippen LogP contribution in [-0.2, 0) is 13.8 Å². The lowest BCUT2D eigenvalue weighted by atomic mass is 9.85. The van der Waals surface area contributed by atoms with Crippen molar-refractivity contribution in [2.45, 2.75) is 39.2 Å². The normalized spacial score (nSPS) is 20.6. The Bertz CT molecular complexity index is 683. The van der Waals surface area contributed by atoms with Gasteiger partial charge in [-0.2, -0.15) is 5.06 Å². The maximum absolute atomic E-state index is 12.8. The van der Waals surface area contributed by atoms with Gasteiger partial charge in [0.15, 0.2) is 5.76 Å². The molecule has 0 bridgehead atoms. The summed E-state index contributed by atoms with van der Waals surface area (Å²) < 4.78 is 5.48. The van der Waals surface area contributed by atoms with Crippen LogP contribution in [0.2, 0.25) is 0 Å². The topological polar surface area (TPSA) is 50.8 Å². The van der Waals surface area contributed by atoms with Crippen LogP contribution in [0.25, 0.3) is 5.57 Å². The van der Waals surface area contributed by atoms with Gasteiger partial charge in [-0.25, -0.2) is 0 Å². The van der Waals surface area contributed by atoms with Crippen molar-refractivity contribution in [3.05, 3.63) is 40.1 Å². The Morgan fingerprint density at radius 2 is 1.75 bits per heavy atom. The molecule has 2 aliphatic heterocycles. The van der Waals surface area contributed by atoms with E-state index in [-0.39, 0.29) is 5.91 Å². The van der Waals surface area contributed by atoms with E-state index in [4.69, 9.17) is 9.02 Å². The molecular weight excluding hydrogens is 324 g/mol. The molecule has 0 saturated carbocycles. The van der Waals surface area contributed by atoms with Crippen molar-refractivity contribution >= 4 is 24.4 Å². The minimum absolute atomic E-state index is 0.0834. The molecule has 0 aliphatic carbocycles. The molecule has 3 rings (SSSR count). The largest absolute Gasteiger partial charge is 0.430 e. The number of piperidine rings is 1. The molecule has 2 heterocycles. The predicted molar refractivity (Wildman–Crippen MR) is 96.3 cm³/mol. The number of aryl methyl sites for hydroxylation is 3. The number of rotatable bonds is 3. The molecular formula is C18H24N2O3S. The van der Waals surface area contributed by atoms with Crippen LogP contribution in [0.1, 0.15) is 35.1 Å². The van der Waals surface area contributed by atoms with Crippen molar-refractivity contribution in [2.75, 3.05) is 20.2 Å². The van der Waals surface area contributed by atoms with E-state index in [2.05, 4.69) is 37.3 Å². The molecule has 24 heavy (non-hydrogen) atoms. The lowest BCUT2D eigenvalue weighted by molar-refractivity contribution is -0.152. The second-order valence-corrected chi connectivity index (χ2v) is 6.90. The number of nitrogens with one attached hydrogen (secondary N) is 1. The standard InChI is InChI=1S/C18H24N2O3S/c1-11-9-12(2)14(13(3)10-11)15-16(23-24)18(19-17(15)21)5-7-20(22-4)8-6-18/h9-10,24H,5-8H2,1-4H3,(H,19,21). The molecule has 130 valence electrons. The van der Waals surface area contributed by atoms with Crippen LogP contribution < -0.4 is 5.32 Å². The summed E-state index contributed by atoms with van der Waals surface area (Å²) in [6, 6.07) is 4.19. The van der Waals surface area contributed by atoms with E-state index in [0.29, 0.717) is 11.3 Å². The molecule has 0 atom stereocenters. The Morgan fingerprint density at radius 3 is 2.25 bits per heavy atom. The van der Waals surface area contributed by atoms with Crippen molar-refractivity contribution in [1.29, 1.82) is 0 Å². The maximum atomic E-state index is 12.8. The van der Waals surface area contributed by atoms with Crippen molar-refractivity contribution in [1.82, 2.24) is 10.4 Å². The zero-order valence-corrected chi connectivity index (χ0v) is 15.5. The van der Waals surface area contributed by atoms with Crippen LogP contribution in [0.3, 0.4) is 0 Å². The van der Waals surface area contributed by atoms with Crippen LogP contribution in [0.5, 0.6) is 0 Å². The first kappa shape index (κ1) is 17.3. The molecule has 1 spiro atoms. The first-order chi connectivity index (χ1) is 11.4. The van der Waals surface area contributed by atoms with Gasteiger partial charge in [-0.05, 0) is 50.3 Å². The van der Waals surface area contributed by atoms with Gasteiger partial charge < -0.3 is 14.3 Å². The van der Waals surface area contributed by atoms with E-state index in [1.54, 1.807) is 7.11 Å². The zero-order chi connectivity index (χ0) is 17.5. The van der Waals surface area contributed by atoms with Gasteiger partial charge >= 0.3 is 0 Å². The highest BCUT2D eigenvalue weighted by atomic mass is 32.1. The minimum Gasteiger partial charge on any atom is -0.430 e. The summed E-state index contributed by atoms with van der Waals surface area (Å²) in [6.07, 6.45) is 1.46. The van der Waals surface area contributed by atoms with Gasteiger partial charge in [-0.1, -0.05) is 17.7 Å². The number of benzene rings is 1. The van der Waals surface area contributed by atoms with Gasteiger partial charge in [-0.3, -0.25) is 4.79 Å². The Kier molecular flexibility index (Phi) is 4.64. The first-order valence-electron chi connectivity index (χ1n) is 8.18. The van der Waals surface area contributed by atoms with Gasteiger partial charge in [0, 0.05) is 26.0 Å². The molecule has 0 aromatic heterocycles. The summed E-state index contributed by atoms with van der Waals surface area (Å²) in [4.78, 5) is 18.1. The van der Waals surface area contributed by atoms with Crippen LogP contribution in [0.4, 0.5) is 0 Å². The third-order valence-corrected chi connectivity index (χ3v) is 5.28. The fourth-order valence-corrected chi connectivity index (χ4v) is 4.28. The first-order valence-corrected chi connectivity index (χ1v) is 8.54. The molecule has 2 aliphatic rings. The van der Waals surface area contributed by atoms with Crippen molar-refractivity contribution in [3.8, 4) is 0 Å². The molecule has 1 N–H and O–H groups in total. The number of amides is 1. The van der Waals surface area contributed by atoms with Crippen LogP contribution in [0, 0.1) is 20.8 Å².